The van der Waals surface area contributed by atoms with Gasteiger partial charge >= 0.3 is 0 Å². The minimum atomic E-state index is -0.440. The Morgan fingerprint density at radius 2 is 1.74 bits per heavy atom. The molecule has 222 valence electrons. The van der Waals surface area contributed by atoms with E-state index in [0.29, 0.717) is 60.6 Å². The molecule has 1 atom stereocenters. The number of ether oxygens (including phenoxy) is 3. The SMILES string of the molecule is CNC(=O)c1nnc(Nc2ccccn2)cc1Nc1cccc(C(=O)Nc2ccc(NC[C@H]3COCCO3)cc2)c1OC. The van der Waals surface area contributed by atoms with Gasteiger partial charge in [0.05, 0.1) is 50.0 Å². The van der Waals surface area contributed by atoms with E-state index in [2.05, 4.69) is 41.8 Å². The highest BCUT2D eigenvalue weighted by atomic mass is 16.6. The van der Waals surface area contributed by atoms with Crippen molar-refractivity contribution >= 4 is 46.2 Å². The molecule has 0 bridgehead atoms. The van der Waals surface area contributed by atoms with Crippen LogP contribution in [0, 0.1) is 0 Å². The number of methoxy groups -OCH3 is 1. The first-order valence-electron chi connectivity index (χ1n) is 13.6. The van der Waals surface area contributed by atoms with Crippen LogP contribution in [0.5, 0.6) is 5.75 Å². The Bertz CT molecular complexity index is 1550. The van der Waals surface area contributed by atoms with E-state index in [1.165, 1.54) is 14.2 Å². The van der Waals surface area contributed by atoms with Crippen LogP contribution in [0.4, 0.5) is 34.4 Å². The zero-order valence-corrected chi connectivity index (χ0v) is 23.7. The monoisotopic (exact) mass is 584 g/mol. The molecule has 1 aliphatic heterocycles. The van der Waals surface area contributed by atoms with Crippen LogP contribution < -0.4 is 31.3 Å². The number of hydrogen-bond acceptors (Lipinski definition) is 11. The second-order valence-corrected chi connectivity index (χ2v) is 9.40. The molecule has 0 aliphatic carbocycles. The molecule has 1 saturated heterocycles. The van der Waals surface area contributed by atoms with E-state index in [4.69, 9.17) is 14.2 Å². The van der Waals surface area contributed by atoms with Gasteiger partial charge in [0.2, 0.25) is 0 Å². The number of carbonyl (C=O) groups is 2. The van der Waals surface area contributed by atoms with Crippen LogP contribution in [0.25, 0.3) is 0 Å². The molecule has 43 heavy (non-hydrogen) atoms. The summed E-state index contributed by atoms with van der Waals surface area (Å²) < 4.78 is 16.7. The van der Waals surface area contributed by atoms with Crippen molar-refractivity contribution in [2.75, 3.05) is 61.8 Å². The van der Waals surface area contributed by atoms with Crippen LogP contribution >= 0.6 is 0 Å². The topological polar surface area (TPSA) is 161 Å². The molecule has 3 heterocycles. The number of rotatable bonds is 11. The molecule has 1 aliphatic rings. The van der Waals surface area contributed by atoms with E-state index in [1.54, 1.807) is 54.7 Å². The van der Waals surface area contributed by atoms with E-state index in [9.17, 15) is 9.59 Å². The normalized spacial score (nSPS) is 14.3. The second-order valence-electron chi connectivity index (χ2n) is 9.40. The summed E-state index contributed by atoms with van der Waals surface area (Å²) in [5.41, 5.74) is 2.65. The Hall–Kier alpha value is -5.27. The number of carbonyl (C=O) groups excluding carboxylic acids is 2. The molecule has 2 amide bonds. The van der Waals surface area contributed by atoms with Gasteiger partial charge in [0.25, 0.3) is 11.8 Å². The van der Waals surface area contributed by atoms with Crippen LogP contribution in [0.3, 0.4) is 0 Å². The highest BCUT2D eigenvalue weighted by Crippen LogP contribution is 2.33. The molecule has 2 aromatic heterocycles. The fourth-order valence-corrected chi connectivity index (χ4v) is 4.34. The molecule has 0 spiro atoms. The average molecular weight is 585 g/mol. The summed E-state index contributed by atoms with van der Waals surface area (Å²) in [7, 11) is 2.97. The lowest BCUT2D eigenvalue weighted by atomic mass is 10.1. The number of amides is 2. The Morgan fingerprint density at radius 3 is 2.47 bits per heavy atom. The number of benzene rings is 2. The van der Waals surface area contributed by atoms with E-state index in [0.717, 1.165) is 5.69 Å². The Balaban J connectivity index is 1.32. The van der Waals surface area contributed by atoms with Crippen molar-refractivity contribution in [3.05, 3.63) is 84.2 Å². The lowest BCUT2D eigenvalue weighted by Gasteiger charge is -2.23. The first-order chi connectivity index (χ1) is 21.0. The van der Waals surface area contributed by atoms with Crippen molar-refractivity contribution in [1.29, 1.82) is 0 Å². The fraction of sp³-hybridized carbons (Fsp3) is 0.233. The molecule has 0 unspecified atom stereocenters. The first kappa shape index (κ1) is 29.2. The summed E-state index contributed by atoms with van der Waals surface area (Å²) in [6.45, 7) is 2.40. The van der Waals surface area contributed by atoms with Gasteiger partial charge in [-0.25, -0.2) is 4.98 Å². The third-order valence-electron chi connectivity index (χ3n) is 6.45. The van der Waals surface area contributed by atoms with Crippen molar-refractivity contribution in [1.82, 2.24) is 20.5 Å². The molecule has 0 radical (unpaired) electrons. The zero-order chi connectivity index (χ0) is 30.0. The van der Waals surface area contributed by atoms with Crippen LogP contribution in [0.1, 0.15) is 20.8 Å². The van der Waals surface area contributed by atoms with Gasteiger partial charge < -0.3 is 40.8 Å². The molecule has 5 rings (SSSR count). The number of para-hydroxylation sites is 1. The standard InChI is InChI=1S/C30H32N8O5/c1-31-30(40)27-24(16-26(37-38-27)36-25-8-3-4-13-32-25)35-23-7-5-6-22(28(23)41-2)29(39)34-20-11-9-19(10-12-20)33-17-21-18-42-14-15-43-21/h3-13,16,21,33H,14-15,17-18H2,1-2H3,(H,31,40)(H,34,39)(H2,32,35,36,37)/t21-/m0/s1. The van der Waals surface area contributed by atoms with Crippen molar-refractivity contribution < 1.29 is 23.8 Å². The number of nitrogens with one attached hydrogen (secondary N) is 5. The lowest BCUT2D eigenvalue weighted by Crippen LogP contribution is -2.34. The largest absolute Gasteiger partial charge is 0.494 e. The Labute approximate surface area is 248 Å². The molecular weight excluding hydrogens is 552 g/mol. The highest BCUT2D eigenvalue weighted by molar-refractivity contribution is 6.08. The minimum absolute atomic E-state index is 0.000525. The minimum Gasteiger partial charge on any atom is -0.494 e. The van der Waals surface area contributed by atoms with Gasteiger partial charge in [0, 0.05) is 37.2 Å². The maximum atomic E-state index is 13.3. The maximum Gasteiger partial charge on any atom is 0.273 e. The van der Waals surface area contributed by atoms with Crippen LogP contribution in [0.2, 0.25) is 0 Å². The summed E-state index contributed by atoms with van der Waals surface area (Å²) in [6, 6.07) is 19.5. The summed E-state index contributed by atoms with van der Waals surface area (Å²) in [5, 5.41) is 23.2. The van der Waals surface area contributed by atoms with E-state index in [1.807, 2.05) is 18.2 Å². The summed E-state index contributed by atoms with van der Waals surface area (Å²) in [5.74, 6) is 0.394. The van der Waals surface area contributed by atoms with Crippen molar-refractivity contribution in [3.63, 3.8) is 0 Å². The van der Waals surface area contributed by atoms with Crippen molar-refractivity contribution in [2.24, 2.45) is 0 Å². The third-order valence-corrected chi connectivity index (χ3v) is 6.45. The molecule has 4 aromatic rings. The predicted molar refractivity (Wildman–Crippen MR) is 163 cm³/mol. The summed E-state index contributed by atoms with van der Waals surface area (Å²) in [6.07, 6.45) is 1.64. The van der Waals surface area contributed by atoms with Crippen LogP contribution in [-0.2, 0) is 9.47 Å². The third kappa shape index (κ3) is 7.52. The fourth-order valence-electron chi connectivity index (χ4n) is 4.34. The Morgan fingerprint density at radius 1 is 0.907 bits per heavy atom. The number of anilines is 6. The smallest absolute Gasteiger partial charge is 0.273 e. The predicted octanol–water partition coefficient (Wildman–Crippen LogP) is 3.81. The van der Waals surface area contributed by atoms with Gasteiger partial charge in [0.15, 0.2) is 17.3 Å². The summed E-state index contributed by atoms with van der Waals surface area (Å²) in [4.78, 5) is 30.1. The second kappa shape index (κ2) is 14.1. The van der Waals surface area contributed by atoms with Crippen LogP contribution in [0.15, 0.2) is 72.9 Å². The van der Waals surface area contributed by atoms with Gasteiger partial charge in [-0.05, 0) is 48.5 Å². The van der Waals surface area contributed by atoms with E-state index >= 15 is 0 Å². The quantitative estimate of drug-likeness (QED) is 0.174. The molecule has 1 fully saturated rings. The number of pyridine rings is 1. The first-order valence-corrected chi connectivity index (χ1v) is 13.6. The Kier molecular flexibility index (Phi) is 9.56. The molecule has 0 saturated carbocycles. The highest BCUT2D eigenvalue weighted by Gasteiger charge is 2.20. The molecule has 13 heteroatoms. The van der Waals surface area contributed by atoms with Gasteiger partial charge in [-0.15, -0.1) is 10.2 Å². The van der Waals surface area contributed by atoms with Gasteiger partial charge in [0.1, 0.15) is 5.82 Å². The molecule has 2 aromatic carbocycles. The van der Waals surface area contributed by atoms with E-state index < -0.39 is 5.91 Å². The number of nitrogens with zero attached hydrogens (tertiary/aromatic N) is 3. The van der Waals surface area contributed by atoms with Crippen LogP contribution in [-0.4, -0.2) is 73.6 Å². The molecule has 13 nitrogen and oxygen atoms in total. The molecule has 5 N–H and O–H groups in total. The number of aromatic nitrogens is 3. The van der Waals surface area contributed by atoms with Gasteiger partial charge in [-0.1, -0.05) is 12.1 Å². The van der Waals surface area contributed by atoms with Gasteiger partial charge in [-0.3, -0.25) is 9.59 Å². The van der Waals surface area contributed by atoms with Crippen molar-refractivity contribution in [3.8, 4) is 5.75 Å². The average Bonchev–Trinajstić information content (AvgIpc) is 3.05. The maximum absolute atomic E-state index is 13.3. The zero-order valence-electron chi connectivity index (χ0n) is 23.7. The molecular formula is C30H32N8O5. The van der Waals surface area contributed by atoms with Gasteiger partial charge in [-0.2, -0.15) is 0 Å². The van der Waals surface area contributed by atoms with E-state index in [-0.39, 0.29) is 23.5 Å². The lowest BCUT2D eigenvalue weighted by molar-refractivity contribution is -0.0818. The van der Waals surface area contributed by atoms with Crippen molar-refractivity contribution in [2.45, 2.75) is 6.10 Å². The number of hydrogen-bond donors (Lipinski definition) is 5. The summed E-state index contributed by atoms with van der Waals surface area (Å²) >= 11 is 0.